The van der Waals surface area contributed by atoms with Gasteiger partial charge in [0.2, 0.25) is 0 Å². The lowest BCUT2D eigenvalue weighted by atomic mass is 9.75. The lowest BCUT2D eigenvalue weighted by Crippen LogP contribution is -2.44. The van der Waals surface area contributed by atoms with E-state index in [1.807, 2.05) is 109 Å². The summed E-state index contributed by atoms with van der Waals surface area (Å²) in [7, 11) is -0.182. The van der Waals surface area contributed by atoms with E-state index in [1.165, 1.54) is 5.47 Å². The number of aliphatic hydroxyl groups is 1. The van der Waals surface area contributed by atoms with Gasteiger partial charge in [-0.05, 0) is 288 Å². The van der Waals surface area contributed by atoms with Crippen LogP contribution in [0.2, 0.25) is 0 Å². The molecule has 0 radical (unpaired) electrons. The van der Waals surface area contributed by atoms with Gasteiger partial charge in [-0.1, -0.05) is 109 Å². The molecule has 12 rings (SSSR count). The summed E-state index contributed by atoms with van der Waals surface area (Å²) in [5, 5.41) is 11.5. The van der Waals surface area contributed by atoms with Crippen molar-refractivity contribution in [3.05, 3.63) is 217 Å². The average molecular weight is 2020 g/mol. The lowest BCUT2D eigenvalue weighted by Gasteiger charge is -2.32. The number of epoxide rings is 1. The molecule has 7 aromatic rings. The molecule has 2 unspecified atom stereocenters. The third-order valence-corrected chi connectivity index (χ3v) is 21.2. The molecule has 2 N–H and O–H groups in total. The molecule has 9 heterocycles. The number of nitrogens with one attached hydrogen (secondary N) is 1. The molecule has 0 spiro atoms. The minimum Gasteiger partial charge on any atom is -0.444 e. The van der Waals surface area contributed by atoms with Crippen LogP contribution in [0, 0.1) is 0 Å². The molecule has 3 fully saturated rings. The second kappa shape index (κ2) is 48.4. The smallest absolute Gasteiger partial charge is 0.444 e. The fourth-order valence-electron chi connectivity index (χ4n) is 13.0. The number of aromatic nitrogens is 4. The number of imide groups is 3. The van der Waals surface area contributed by atoms with Gasteiger partial charge >= 0.3 is 49.8 Å². The van der Waals surface area contributed by atoms with Gasteiger partial charge in [-0.15, -0.1) is 0 Å². The minimum absolute atomic E-state index is 0.0606. The van der Waals surface area contributed by atoms with Crippen molar-refractivity contribution in [1.82, 2.24) is 19.9 Å². The van der Waals surface area contributed by atoms with Crippen LogP contribution in [0.1, 0.15) is 243 Å². The summed E-state index contributed by atoms with van der Waals surface area (Å²) >= 11 is 6.68. The highest BCUT2D eigenvalue weighted by Gasteiger charge is 2.61. The van der Waals surface area contributed by atoms with Gasteiger partial charge in [-0.3, -0.25) is 5.32 Å². The molecule has 7 amide bonds. The standard InChI is InChI=1S/C28H36N2O7.C28H36N2O6.C23H29BrN2O5.C11H19BO3.C11H15BrN2O3/c1-26(2,3)36-24(31)30(25(32)37-27(4,5)6)23-13-12-20(28-14-15-33-18-22(28)35-28)21(29-23)17-34-16-19-10-8-7-9-11-19;1-27(2,3)35-25(31)30(26(32)36-28(4,5)6)24-13-12-22(21-14-16-33-17-15-21)23(29-24)19-34-18-20-10-8-7-9-11-20;1-22(2,3)30-20(27)26(21(28)31-23(4,5)6)19-13-12-17(24)18(25-19)15-29-14-16-10-8-7-9-11-16;1-10(2)11(3,4)15-12(14-10)9-5-7-13-8-6-9;1-11(2,3)17-10(16)14-9-5-4-7(12)8(6-15)13-9/h7-13,22H,14-18H2,1-6H3;7-14H,15-19H2,1-6H3;7-13H,14-15H2,1-6H3;5H,6-8H2,1-4H3;4-5,15H,6H2,1-3H3,(H,13,14,16). The molecule has 5 aliphatic rings. The maximum atomic E-state index is 13.1. The number of anilines is 4. The van der Waals surface area contributed by atoms with Crippen LogP contribution < -0.4 is 20.0 Å². The normalized spacial score (nSPS) is 16.7. The Balaban J connectivity index is 0.000000217. The number of carbonyl (C=O) groups is 7. The summed E-state index contributed by atoms with van der Waals surface area (Å²) in [6.45, 7) is 49.9. The van der Waals surface area contributed by atoms with Gasteiger partial charge < -0.3 is 80.7 Å². The van der Waals surface area contributed by atoms with Crippen LogP contribution in [0.3, 0.4) is 0 Å². The Hall–Kier alpha value is -10.1. The number of benzene rings is 3. The number of pyridine rings is 4. The fourth-order valence-corrected chi connectivity index (χ4v) is 13.6. The van der Waals surface area contributed by atoms with Crippen molar-refractivity contribution in [2.24, 2.45) is 0 Å². The molecule has 0 aliphatic carbocycles. The zero-order chi connectivity index (χ0) is 101. The van der Waals surface area contributed by atoms with Crippen LogP contribution in [0.15, 0.2) is 166 Å². The van der Waals surface area contributed by atoms with Crippen molar-refractivity contribution >= 4 is 110 Å². The Morgan fingerprint density at radius 2 is 0.787 bits per heavy atom. The number of rotatable bonds is 20. The Morgan fingerprint density at radius 1 is 0.419 bits per heavy atom. The number of hydrogen-bond donors (Lipinski definition) is 2. The number of nitrogens with zero attached hydrogens (tertiary/aromatic N) is 7. The maximum Gasteiger partial charge on any atom is 0.490 e. The van der Waals surface area contributed by atoms with E-state index in [1.54, 1.807) is 182 Å². The molecule has 136 heavy (non-hydrogen) atoms. The number of halogens is 2. The molecule has 2 atom stereocenters. The minimum atomic E-state index is -0.872. The first-order valence-corrected chi connectivity index (χ1v) is 46.7. The van der Waals surface area contributed by atoms with Crippen molar-refractivity contribution in [1.29, 1.82) is 0 Å². The summed E-state index contributed by atoms with van der Waals surface area (Å²) in [5.74, 6) is 0.621. The summed E-state index contributed by atoms with van der Waals surface area (Å²) in [6.07, 6.45) is 0.581. The van der Waals surface area contributed by atoms with Crippen molar-refractivity contribution in [2.75, 3.05) is 59.7 Å². The number of hydrogen-bond acceptors (Lipinski definition) is 28. The SMILES string of the molecule is CC(C)(C)OC(=O)N(C(=O)OC(C)(C)C)c1ccc(Br)c(COCc2ccccc2)n1.CC(C)(C)OC(=O)N(C(=O)OC(C)(C)C)c1ccc(C23CCOCC2O3)c(COCc2ccccc2)n1.CC(C)(C)OC(=O)N(C(=O)OC(C)(C)C)c1ccc(C2=CCOCC2)c(COCc2ccccc2)n1.CC(C)(C)OC(=O)Nc1ccc(Br)c(CO)n1.CC1(C)OB(C2=CCOCC2)OC1(C)C. The highest BCUT2D eigenvalue weighted by atomic mass is 79.9. The Kier molecular flexibility index (Phi) is 39.6. The quantitative estimate of drug-likeness (QED) is 0.0406. The van der Waals surface area contributed by atoms with Crippen LogP contribution in [0.5, 0.6) is 0 Å². The summed E-state index contributed by atoms with van der Waals surface area (Å²) in [5.41, 5.74) is 2.91. The van der Waals surface area contributed by atoms with Crippen molar-refractivity contribution in [3.8, 4) is 0 Å². The van der Waals surface area contributed by atoms with Crippen molar-refractivity contribution in [2.45, 2.75) is 301 Å². The molecule has 0 bridgehead atoms. The van der Waals surface area contributed by atoms with Gasteiger partial charge in [-0.25, -0.2) is 53.5 Å². The van der Waals surface area contributed by atoms with Gasteiger partial charge in [0.05, 0.1) is 113 Å². The molecular weight excluding hydrogens is 1880 g/mol. The molecule has 35 heteroatoms. The van der Waals surface area contributed by atoms with Crippen LogP contribution >= 0.6 is 31.9 Å². The zero-order valence-electron chi connectivity index (χ0n) is 83.1. The molecule has 740 valence electrons. The van der Waals surface area contributed by atoms with Crippen LogP contribution in [0.4, 0.5) is 56.8 Å². The number of carbonyl (C=O) groups excluding carboxylic acids is 7. The molecule has 4 aromatic heterocycles. The monoisotopic (exact) mass is 2010 g/mol. The van der Waals surface area contributed by atoms with Crippen LogP contribution in [-0.2, 0) is 127 Å². The van der Waals surface area contributed by atoms with Crippen molar-refractivity contribution < 1.29 is 114 Å². The van der Waals surface area contributed by atoms with Crippen LogP contribution in [0.25, 0.3) is 5.57 Å². The molecule has 3 aromatic carbocycles. The Morgan fingerprint density at radius 3 is 1.18 bits per heavy atom. The van der Waals surface area contributed by atoms with Gasteiger partial charge in [-0.2, -0.15) is 14.7 Å². The number of ether oxygens (including phenoxy) is 14. The van der Waals surface area contributed by atoms with Gasteiger partial charge in [0, 0.05) is 33.1 Å². The average Bonchev–Trinajstić information content (AvgIpc) is 1.56. The van der Waals surface area contributed by atoms with Crippen LogP contribution in [-0.4, -0.2) is 171 Å². The highest BCUT2D eigenvalue weighted by Crippen LogP contribution is 2.53. The maximum absolute atomic E-state index is 13.1. The summed E-state index contributed by atoms with van der Waals surface area (Å²) < 4.78 is 91.3. The molecular formula is C101H135BBr2N8O24. The largest absolute Gasteiger partial charge is 0.490 e. The Labute approximate surface area is 816 Å². The summed E-state index contributed by atoms with van der Waals surface area (Å²) in [6, 6.07) is 42.9. The van der Waals surface area contributed by atoms with E-state index in [2.05, 4.69) is 80.9 Å². The topological polar surface area (TPSA) is 364 Å². The molecule has 0 saturated carbocycles. The van der Waals surface area contributed by atoms with E-state index >= 15 is 0 Å². The number of amides is 7. The third-order valence-electron chi connectivity index (χ3n) is 19.7. The van der Waals surface area contributed by atoms with E-state index in [-0.39, 0.29) is 68.3 Å². The fraction of sp³-hybridized carbons (Fsp3) is 0.515. The zero-order valence-corrected chi connectivity index (χ0v) is 86.3. The second-order valence-electron chi connectivity index (χ2n) is 40.2. The first-order valence-electron chi connectivity index (χ1n) is 45.1. The molecule has 5 aliphatic heterocycles. The van der Waals surface area contributed by atoms with Gasteiger partial charge in [0.15, 0.2) is 0 Å². The van der Waals surface area contributed by atoms with E-state index in [4.69, 9.17) is 90.7 Å². The highest BCUT2D eigenvalue weighted by molar-refractivity contribution is 9.10. The van der Waals surface area contributed by atoms with E-state index < -0.39 is 87.5 Å². The van der Waals surface area contributed by atoms with E-state index in [0.29, 0.717) is 96.8 Å². The van der Waals surface area contributed by atoms with E-state index in [0.717, 1.165) is 67.5 Å². The predicted octanol–water partition coefficient (Wildman–Crippen LogP) is 22.7. The third kappa shape index (κ3) is 36.3. The lowest BCUT2D eigenvalue weighted by molar-refractivity contribution is 0.00578. The van der Waals surface area contributed by atoms with Crippen molar-refractivity contribution in [3.63, 3.8) is 0 Å². The molecule has 32 nitrogen and oxygen atoms in total. The Bertz CT molecular complexity index is 5130. The first-order chi connectivity index (χ1) is 63.4. The second-order valence-corrected chi connectivity index (χ2v) is 41.9. The summed E-state index contributed by atoms with van der Waals surface area (Å²) in [4.78, 5) is 110. The first kappa shape index (κ1) is 111. The van der Waals surface area contributed by atoms with E-state index in [9.17, 15) is 33.6 Å². The van der Waals surface area contributed by atoms with Gasteiger partial charge in [0.1, 0.15) is 74.2 Å². The molecule has 3 saturated heterocycles. The van der Waals surface area contributed by atoms with Gasteiger partial charge in [0.25, 0.3) is 0 Å². The number of aliphatic hydroxyl groups excluding tert-OH is 1. The number of fused-ring (bicyclic) bond motifs is 1. The predicted molar refractivity (Wildman–Crippen MR) is 523 cm³/mol.